The zero-order valence-electron chi connectivity index (χ0n) is 14.7. The molecule has 0 fully saturated rings. The van der Waals surface area contributed by atoms with Crippen LogP contribution in [0, 0.1) is 0 Å². The van der Waals surface area contributed by atoms with Gasteiger partial charge in [-0.2, -0.15) is 0 Å². The number of ketones is 1. The van der Waals surface area contributed by atoms with E-state index >= 15 is 0 Å². The van der Waals surface area contributed by atoms with Crippen molar-refractivity contribution in [3.8, 4) is 11.5 Å². The summed E-state index contributed by atoms with van der Waals surface area (Å²) < 4.78 is 10.8. The number of amides is 1. The van der Waals surface area contributed by atoms with Gasteiger partial charge in [-0.3, -0.25) is 9.59 Å². The number of hydrogen-bond donors (Lipinski definition) is 1. The van der Waals surface area contributed by atoms with Gasteiger partial charge in [-0.25, -0.2) is 0 Å². The molecule has 2 aromatic rings. The summed E-state index contributed by atoms with van der Waals surface area (Å²) in [5.41, 5.74) is 1.55. The number of ether oxygens (including phenoxy) is 2. The molecule has 2 aromatic carbocycles. The predicted octanol–water partition coefficient (Wildman–Crippen LogP) is 3.54. The van der Waals surface area contributed by atoms with E-state index in [4.69, 9.17) is 9.47 Å². The number of hydrogen-bond acceptors (Lipinski definition) is 4. The van der Waals surface area contributed by atoms with Gasteiger partial charge in [0.15, 0.2) is 12.4 Å². The van der Waals surface area contributed by atoms with E-state index in [2.05, 4.69) is 5.32 Å². The van der Waals surface area contributed by atoms with Crippen molar-refractivity contribution in [1.82, 2.24) is 5.32 Å². The van der Waals surface area contributed by atoms with Gasteiger partial charge < -0.3 is 14.8 Å². The minimum atomic E-state index is -0.230. The molecule has 1 amide bonds. The van der Waals surface area contributed by atoms with Crippen molar-refractivity contribution in [2.75, 3.05) is 13.7 Å². The summed E-state index contributed by atoms with van der Waals surface area (Å²) in [6.45, 7) is 3.61. The van der Waals surface area contributed by atoms with Gasteiger partial charge in [0, 0.05) is 17.5 Å². The van der Waals surface area contributed by atoms with Crippen molar-refractivity contribution in [2.24, 2.45) is 0 Å². The van der Waals surface area contributed by atoms with Crippen LogP contribution >= 0.6 is 0 Å². The second-order valence-corrected chi connectivity index (χ2v) is 5.62. The van der Waals surface area contributed by atoms with Gasteiger partial charge in [0.2, 0.25) is 0 Å². The second kappa shape index (κ2) is 8.87. The molecule has 0 bridgehead atoms. The predicted molar refractivity (Wildman–Crippen MR) is 96.1 cm³/mol. The summed E-state index contributed by atoms with van der Waals surface area (Å²) in [6.07, 6.45) is 0.462. The maximum atomic E-state index is 12.1. The number of para-hydroxylation sites is 1. The number of benzene rings is 2. The molecule has 2 rings (SSSR count). The number of nitrogens with one attached hydrogen (secondary N) is 1. The summed E-state index contributed by atoms with van der Waals surface area (Å²) in [6, 6.07) is 14.1. The summed E-state index contributed by atoms with van der Waals surface area (Å²) in [4.78, 5) is 23.7. The van der Waals surface area contributed by atoms with Gasteiger partial charge in [-0.15, -0.1) is 0 Å². The first-order valence-electron chi connectivity index (χ1n) is 8.23. The molecular weight excluding hydrogens is 318 g/mol. The Kier molecular flexibility index (Phi) is 6.57. The van der Waals surface area contributed by atoms with E-state index in [0.29, 0.717) is 17.7 Å². The summed E-state index contributed by atoms with van der Waals surface area (Å²) in [7, 11) is 1.60. The van der Waals surface area contributed by atoms with Crippen molar-refractivity contribution >= 4 is 11.7 Å². The first-order valence-corrected chi connectivity index (χ1v) is 8.23. The van der Waals surface area contributed by atoms with E-state index in [1.165, 1.54) is 0 Å². The molecule has 5 nitrogen and oxygen atoms in total. The van der Waals surface area contributed by atoms with Crippen LogP contribution in [0.2, 0.25) is 0 Å². The molecule has 0 saturated carbocycles. The molecule has 0 aliphatic rings. The van der Waals surface area contributed by atoms with Crippen LogP contribution in [-0.2, 0) is 4.79 Å². The van der Waals surface area contributed by atoms with Crippen molar-refractivity contribution < 1.29 is 19.1 Å². The SMILES string of the molecule is CCC(=O)c1ccc(OCC(=O)N[C@@H](C)c2ccccc2OC)cc1. The Balaban J connectivity index is 1.89. The lowest BCUT2D eigenvalue weighted by molar-refractivity contribution is -0.123. The van der Waals surface area contributed by atoms with Crippen molar-refractivity contribution in [3.63, 3.8) is 0 Å². The number of carbonyl (C=O) groups excluding carboxylic acids is 2. The molecular formula is C20H23NO4. The monoisotopic (exact) mass is 341 g/mol. The Morgan fingerprint density at radius 2 is 1.76 bits per heavy atom. The minimum Gasteiger partial charge on any atom is -0.496 e. The van der Waals surface area contributed by atoms with Crippen LogP contribution in [0.25, 0.3) is 0 Å². The molecule has 5 heteroatoms. The normalized spacial score (nSPS) is 11.5. The molecule has 0 saturated heterocycles. The highest BCUT2D eigenvalue weighted by Crippen LogP contribution is 2.24. The molecule has 0 heterocycles. The molecule has 0 aromatic heterocycles. The van der Waals surface area contributed by atoms with Crippen molar-refractivity contribution in [3.05, 3.63) is 59.7 Å². The number of carbonyl (C=O) groups is 2. The van der Waals surface area contributed by atoms with E-state index in [0.717, 1.165) is 11.3 Å². The van der Waals surface area contributed by atoms with Crippen molar-refractivity contribution in [2.45, 2.75) is 26.3 Å². The zero-order valence-corrected chi connectivity index (χ0v) is 14.7. The van der Waals surface area contributed by atoms with E-state index in [-0.39, 0.29) is 24.3 Å². The third kappa shape index (κ3) is 5.08. The van der Waals surface area contributed by atoms with Crippen LogP contribution in [0.5, 0.6) is 11.5 Å². The first-order chi connectivity index (χ1) is 12.0. The Morgan fingerprint density at radius 3 is 2.40 bits per heavy atom. The highest BCUT2D eigenvalue weighted by atomic mass is 16.5. The molecule has 1 N–H and O–H groups in total. The van der Waals surface area contributed by atoms with Crippen LogP contribution in [0.4, 0.5) is 0 Å². The minimum absolute atomic E-state index is 0.0786. The molecule has 0 radical (unpaired) electrons. The van der Waals surface area contributed by atoms with Crippen LogP contribution in [-0.4, -0.2) is 25.4 Å². The topological polar surface area (TPSA) is 64.6 Å². The maximum Gasteiger partial charge on any atom is 0.258 e. The van der Waals surface area contributed by atoms with Gasteiger partial charge >= 0.3 is 0 Å². The summed E-state index contributed by atoms with van der Waals surface area (Å²) in [5.74, 6) is 1.13. The zero-order chi connectivity index (χ0) is 18.2. The quantitative estimate of drug-likeness (QED) is 0.746. The fraction of sp³-hybridized carbons (Fsp3) is 0.300. The number of rotatable bonds is 8. The molecule has 25 heavy (non-hydrogen) atoms. The van der Waals surface area contributed by atoms with Crippen LogP contribution in [0.15, 0.2) is 48.5 Å². The average Bonchev–Trinajstić information content (AvgIpc) is 2.66. The highest BCUT2D eigenvalue weighted by molar-refractivity contribution is 5.95. The van der Waals surface area contributed by atoms with Crippen LogP contribution < -0.4 is 14.8 Å². The molecule has 0 aliphatic heterocycles. The molecule has 0 aliphatic carbocycles. The molecule has 132 valence electrons. The fourth-order valence-corrected chi connectivity index (χ4v) is 2.48. The van der Waals surface area contributed by atoms with Gasteiger partial charge in [0.1, 0.15) is 11.5 Å². The lowest BCUT2D eigenvalue weighted by Gasteiger charge is -2.17. The highest BCUT2D eigenvalue weighted by Gasteiger charge is 2.14. The van der Waals surface area contributed by atoms with Crippen LogP contribution in [0.3, 0.4) is 0 Å². The third-order valence-corrected chi connectivity index (χ3v) is 3.85. The van der Waals surface area contributed by atoms with E-state index in [1.807, 2.05) is 38.1 Å². The number of Topliss-reactive ketones (excluding diaryl/α,β-unsaturated/α-hetero) is 1. The molecule has 1 atom stereocenters. The Hall–Kier alpha value is -2.82. The van der Waals surface area contributed by atoms with Gasteiger partial charge in [0.25, 0.3) is 5.91 Å². The first kappa shape index (κ1) is 18.5. The smallest absolute Gasteiger partial charge is 0.258 e. The Morgan fingerprint density at radius 1 is 1.08 bits per heavy atom. The van der Waals surface area contributed by atoms with Crippen LogP contribution in [0.1, 0.15) is 42.2 Å². The van der Waals surface area contributed by atoms with E-state index in [1.54, 1.807) is 31.4 Å². The Labute approximate surface area is 148 Å². The van der Waals surface area contributed by atoms with Gasteiger partial charge in [0.05, 0.1) is 13.2 Å². The second-order valence-electron chi connectivity index (χ2n) is 5.62. The Bertz CT molecular complexity index is 725. The third-order valence-electron chi connectivity index (χ3n) is 3.85. The maximum absolute atomic E-state index is 12.1. The number of methoxy groups -OCH3 is 1. The lowest BCUT2D eigenvalue weighted by atomic mass is 10.1. The largest absolute Gasteiger partial charge is 0.496 e. The standard InChI is InChI=1S/C20H23NO4/c1-4-18(22)15-9-11-16(12-10-15)25-13-20(23)21-14(2)17-7-5-6-8-19(17)24-3/h5-12,14H,4,13H2,1-3H3,(H,21,23)/t14-/m0/s1. The van der Waals surface area contributed by atoms with E-state index < -0.39 is 0 Å². The average molecular weight is 341 g/mol. The van der Waals surface area contributed by atoms with Gasteiger partial charge in [-0.1, -0.05) is 25.1 Å². The van der Waals surface area contributed by atoms with E-state index in [9.17, 15) is 9.59 Å². The summed E-state index contributed by atoms with van der Waals surface area (Å²) in [5, 5.41) is 2.88. The fourth-order valence-electron chi connectivity index (χ4n) is 2.48. The lowest BCUT2D eigenvalue weighted by Crippen LogP contribution is -2.31. The summed E-state index contributed by atoms with van der Waals surface area (Å²) >= 11 is 0. The molecule has 0 unspecified atom stereocenters. The van der Waals surface area contributed by atoms with Gasteiger partial charge in [-0.05, 0) is 37.3 Å². The molecule has 0 spiro atoms. The van der Waals surface area contributed by atoms with Crippen molar-refractivity contribution in [1.29, 1.82) is 0 Å².